The zero-order valence-electron chi connectivity index (χ0n) is 9.68. The minimum atomic E-state index is 0.0609. The Morgan fingerprint density at radius 1 is 0.875 bits per heavy atom. The molecule has 6 nitrogen and oxygen atoms in total. The molecule has 0 bridgehead atoms. The van der Waals surface area contributed by atoms with Crippen LogP contribution in [0, 0.1) is 0 Å². The first-order valence-corrected chi connectivity index (χ1v) is 5.75. The van der Waals surface area contributed by atoms with Gasteiger partial charge in [0, 0.05) is 32.7 Å². The van der Waals surface area contributed by atoms with Crippen molar-refractivity contribution in [1.82, 2.24) is 9.96 Å². The second kappa shape index (κ2) is 8.86. The van der Waals surface area contributed by atoms with E-state index in [9.17, 15) is 0 Å². The summed E-state index contributed by atoms with van der Waals surface area (Å²) in [6.07, 6.45) is 0. The fourth-order valence-corrected chi connectivity index (χ4v) is 1.54. The average Bonchev–Trinajstić information content (AvgIpc) is 2.30. The van der Waals surface area contributed by atoms with Crippen LogP contribution in [0.3, 0.4) is 0 Å². The van der Waals surface area contributed by atoms with E-state index in [0.29, 0.717) is 39.5 Å². The van der Waals surface area contributed by atoms with E-state index in [-0.39, 0.29) is 6.61 Å². The average molecular weight is 234 g/mol. The summed E-state index contributed by atoms with van der Waals surface area (Å²) < 4.78 is 10.4. The Balaban J connectivity index is 1.84. The number of hydrogen-bond donors (Lipinski definition) is 2. The summed E-state index contributed by atoms with van der Waals surface area (Å²) in [6, 6.07) is 0. The maximum atomic E-state index is 9.16. The number of nitrogens with zero attached hydrogens (tertiary/aromatic N) is 2. The van der Waals surface area contributed by atoms with Gasteiger partial charge in [-0.2, -0.15) is 5.06 Å². The zero-order chi connectivity index (χ0) is 11.6. The molecule has 0 aromatic heterocycles. The Kier molecular flexibility index (Phi) is 7.65. The van der Waals surface area contributed by atoms with Crippen LogP contribution in [0.15, 0.2) is 0 Å². The molecule has 0 atom stereocenters. The van der Waals surface area contributed by atoms with Gasteiger partial charge < -0.3 is 19.8 Å². The van der Waals surface area contributed by atoms with Crippen LogP contribution in [0.2, 0.25) is 0 Å². The Morgan fingerprint density at radius 3 is 2.12 bits per heavy atom. The predicted molar refractivity (Wildman–Crippen MR) is 58.5 cm³/mol. The van der Waals surface area contributed by atoms with Gasteiger partial charge in [0.1, 0.15) is 0 Å². The Hall–Kier alpha value is -0.240. The fourth-order valence-electron chi connectivity index (χ4n) is 1.54. The number of aliphatic hydroxyl groups is 1. The molecule has 1 fully saturated rings. The molecule has 6 heteroatoms. The van der Waals surface area contributed by atoms with E-state index in [1.165, 1.54) is 5.06 Å². The Labute approximate surface area is 96.3 Å². The van der Waals surface area contributed by atoms with Gasteiger partial charge in [-0.3, -0.25) is 4.90 Å². The molecule has 16 heavy (non-hydrogen) atoms. The summed E-state index contributed by atoms with van der Waals surface area (Å²) in [5.74, 6) is 0. The number of hydroxylamine groups is 2. The van der Waals surface area contributed by atoms with Crippen molar-refractivity contribution in [2.24, 2.45) is 0 Å². The van der Waals surface area contributed by atoms with Crippen LogP contribution >= 0.6 is 0 Å². The highest BCUT2D eigenvalue weighted by molar-refractivity contribution is 4.66. The van der Waals surface area contributed by atoms with Crippen LogP contribution in [-0.4, -0.2) is 86.0 Å². The summed E-state index contributed by atoms with van der Waals surface area (Å²) in [5.41, 5.74) is 0. The van der Waals surface area contributed by atoms with E-state index >= 15 is 0 Å². The number of hydrogen-bond acceptors (Lipinski definition) is 6. The SMILES string of the molecule is OCCOCCOCCN1CCN(O)CC1. The van der Waals surface area contributed by atoms with Crippen LogP contribution in [0.1, 0.15) is 0 Å². The van der Waals surface area contributed by atoms with E-state index in [2.05, 4.69) is 4.90 Å². The van der Waals surface area contributed by atoms with Crippen molar-refractivity contribution in [3.63, 3.8) is 0 Å². The molecule has 0 aliphatic carbocycles. The van der Waals surface area contributed by atoms with Gasteiger partial charge >= 0.3 is 0 Å². The van der Waals surface area contributed by atoms with Crippen LogP contribution in [-0.2, 0) is 9.47 Å². The molecule has 0 aromatic carbocycles. The monoisotopic (exact) mass is 234 g/mol. The smallest absolute Gasteiger partial charge is 0.0701 e. The summed E-state index contributed by atoms with van der Waals surface area (Å²) in [7, 11) is 0. The predicted octanol–water partition coefficient (Wildman–Crippen LogP) is -0.981. The van der Waals surface area contributed by atoms with Crippen LogP contribution in [0.25, 0.3) is 0 Å². The molecular formula is C10H22N2O4. The van der Waals surface area contributed by atoms with Crippen LogP contribution in [0.4, 0.5) is 0 Å². The molecule has 2 N–H and O–H groups in total. The van der Waals surface area contributed by atoms with Gasteiger partial charge in [0.25, 0.3) is 0 Å². The van der Waals surface area contributed by atoms with E-state index in [1.54, 1.807) is 0 Å². The largest absolute Gasteiger partial charge is 0.394 e. The van der Waals surface area contributed by atoms with Crippen molar-refractivity contribution in [3.05, 3.63) is 0 Å². The molecule has 1 heterocycles. The van der Waals surface area contributed by atoms with Crippen LogP contribution in [0.5, 0.6) is 0 Å². The Morgan fingerprint density at radius 2 is 1.50 bits per heavy atom. The molecule has 0 radical (unpaired) electrons. The first kappa shape index (κ1) is 13.8. The second-order valence-corrected chi connectivity index (χ2v) is 3.74. The minimum Gasteiger partial charge on any atom is -0.394 e. The van der Waals surface area contributed by atoms with Crippen molar-refractivity contribution in [1.29, 1.82) is 0 Å². The maximum Gasteiger partial charge on any atom is 0.0701 e. The molecule has 96 valence electrons. The molecule has 0 amide bonds. The van der Waals surface area contributed by atoms with Gasteiger partial charge in [0.2, 0.25) is 0 Å². The van der Waals surface area contributed by atoms with Gasteiger partial charge in [0.05, 0.1) is 33.0 Å². The third-order valence-corrected chi connectivity index (χ3v) is 2.51. The lowest BCUT2D eigenvalue weighted by Crippen LogP contribution is -2.45. The molecule has 0 aromatic rings. The van der Waals surface area contributed by atoms with Gasteiger partial charge in [-0.05, 0) is 0 Å². The molecule has 1 aliphatic rings. The second-order valence-electron chi connectivity index (χ2n) is 3.74. The summed E-state index contributed by atoms with van der Waals surface area (Å²) >= 11 is 0. The quantitative estimate of drug-likeness (QED) is 0.526. The first-order chi connectivity index (χ1) is 7.83. The number of piperazine rings is 1. The lowest BCUT2D eigenvalue weighted by Gasteiger charge is -2.30. The molecular weight excluding hydrogens is 212 g/mol. The van der Waals surface area contributed by atoms with Crippen molar-refractivity contribution in [2.75, 3.05) is 65.8 Å². The highest BCUT2D eigenvalue weighted by atomic mass is 16.5. The number of aliphatic hydroxyl groups excluding tert-OH is 1. The molecule has 0 spiro atoms. The number of rotatable bonds is 8. The third-order valence-electron chi connectivity index (χ3n) is 2.51. The zero-order valence-corrected chi connectivity index (χ0v) is 9.68. The molecule has 0 unspecified atom stereocenters. The fraction of sp³-hybridized carbons (Fsp3) is 1.00. The van der Waals surface area contributed by atoms with Crippen molar-refractivity contribution >= 4 is 0 Å². The summed E-state index contributed by atoms with van der Waals surface area (Å²) in [6.45, 7) is 6.32. The molecule has 1 rings (SSSR count). The van der Waals surface area contributed by atoms with Gasteiger partial charge in [-0.25, -0.2) is 0 Å². The van der Waals surface area contributed by atoms with Crippen LogP contribution < -0.4 is 0 Å². The lowest BCUT2D eigenvalue weighted by atomic mass is 10.3. The van der Waals surface area contributed by atoms with E-state index < -0.39 is 0 Å². The summed E-state index contributed by atoms with van der Waals surface area (Å²) in [5, 5.41) is 19.0. The minimum absolute atomic E-state index is 0.0609. The first-order valence-electron chi connectivity index (χ1n) is 5.75. The lowest BCUT2D eigenvalue weighted by molar-refractivity contribution is -0.119. The van der Waals surface area contributed by atoms with E-state index in [4.69, 9.17) is 19.8 Å². The van der Waals surface area contributed by atoms with Crippen molar-refractivity contribution < 1.29 is 19.8 Å². The molecule has 0 saturated carbocycles. The maximum absolute atomic E-state index is 9.16. The third kappa shape index (κ3) is 6.37. The standard InChI is InChI=1S/C10H22N2O4/c13-6-8-16-10-9-15-7-5-11-1-3-12(14)4-2-11/h13-14H,1-10H2. The number of ether oxygens (including phenoxy) is 2. The van der Waals surface area contributed by atoms with E-state index in [0.717, 1.165) is 19.6 Å². The Bertz CT molecular complexity index is 163. The van der Waals surface area contributed by atoms with Crippen molar-refractivity contribution in [3.8, 4) is 0 Å². The molecule has 1 aliphatic heterocycles. The summed E-state index contributed by atoms with van der Waals surface area (Å²) in [4.78, 5) is 2.27. The van der Waals surface area contributed by atoms with Gasteiger partial charge in [-0.15, -0.1) is 0 Å². The van der Waals surface area contributed by atoms with Gasteiger partial charge in [-0.1, -0.05) is 0 Å². The topological polar surface area (TPSA) is 65.4 Å². The highest BCUT2D eigenvalue weighted by Crippen LogP contribution is 1.97. The molecule has 1 saturated heterocycles. The van der Waals surface area contributed by atoms with Gasteiger partial charge in [0.15, 0.2) is 0 Å². The van der Waals surface area contributed by atoms with E-state index in [1.807, 2.05) is 0 Å². The van der Waals surface area contributed by atoms with Crippen molar-refractivity contribution in [2.45, 2.75) is 0 Å². The normalized spacial score (nSPS) is 19.1. The highest BCUT2D eigenvalue weighted by Gasteiger charge is 2.13.